The average molecular weight is 285 g/mol. The monoisotopic (exact) mass is 285 g/mol. The Morgan fingerprint density at radius 1 is 1.35 bits per heavy atom. The maximum atomic E-state index is 12.4. The second-order valence-electron chi connectivity index (χ2n) is 4.17. The zero-order valence-electron chi connectivity index (χ0n) is 12.2. The highest BCUT2D eigenvalue weighted by atomic mass is 19.3. The highest BCUT2D eigenvalue weighted by Gasteiger charge is 2.25. The third kappa shape index (κ3) is 3.92. The molecule has 2 rings (SSSR count). The van der Waals surface area contributed by atoms with Crippen LogP contribution in [-0.2, 0) is 6.42 Å². The van der Waals surface area contributed by atoms with Crippen molar-refractivity contribution in [3.63, 3.8) is 0 Å². The molecule has 0 N–H and O–H groups in total. The summed E-state index contributed by atoms with van der Waals surface area (Å²) < 4.78 is 30.2. The van der Waals surface area contributed by atoms with Crippen LogP contribution in [0.15, 0.2) is 18.2 Å². The van der Waals surface area contributed by atoms with Gasteiger partial charge in [-0.15, -0.1) is 0 Å². The molecule has 0 atom stereocenters. The van der Waals surface area contributed by atoms with Crippen molar-refractivity contribution >= 4 is 5.91 Å². The lowest BCUT2D eigenvalue weighted by Crippen LogP contribution is -2.36. The second-order valence-corrected chi connectivity index (χ2v) is 4.17. The van der Waals surface area contributed by atoms with Gasteiger partial charge in [0.15, 0.2) is 0 Å². The Morgan fingerprint density at radius 2 is 2.05 bits per heavy atom. The number of benzene rings is 1. The number of carbonyl (C=O) groups excluding carboxylic acids is 1. The van der Waals surface area contributed by atoms with Gasteiger partial charge in [-0.3, -0.25) is 4.79 Å². The van der Waals surface area contributed by atoms with E-state index in [2.05, 4.69) is 0 Å². The molecule has 1 aliphatic rings. The van der Waals surface area contributed by atoms with Crippen LogP contribution in [0.2, 0.25) is 0 Å². The summed E-state index contributed by atoms with van der Waals surface area (Å²) in [6.45, 7) is 5.87. The number of carbonyl (C=O) groups is 1. The fourth-order valence-electron chi connectivity index (χ4n) is 1.97. The number of halogens is 2. The van der Waals surface area contributed by atoms with Crippen molar-refractivity contribution in [3.05, 3.63) is 29.3 Å². The Morgan fingerprint density at radius 3 is 2.65 bits per heavy atom. The van der Waals surface area contributed by atoms with E-state index in [0.717, 1.165) is 16.9 Å². The largest absolute Gasteiger partial charge is 0.491 e. The molecule has 1 aromatic carbocycles. The van der Waals surface area contributed by atoms with E-state index < -0.39 is 13.0 Å². The van der Waals surface area contributed by atoms with Crippen LogP contribution >= 0.6 is 0 Å². The van der Waals surface area contributed by atoms with Crippen molar-refractivity contribution < 1.29 is 18.3 Å². The second kappa shape index (κ2) is 7.82. The third-order valence-corrected chi connectivity index (χ3v) is 2.95. The van der Waals surface area contributed by atoms with Gasteiger partial charge in [-0.25, -0.2) is 8.78 Å². The maximum absolute atomic E-state index is 12.4. The van der Waals surface area contributed by atoms with Crippen molar-refractivity contribution in [1.82, 2.24) is 4.90 Å². The minimum absolute atomic E-state index is 0.194. The summed E-state index contributed by atoms with van der Waals surface area (Å²) in [7, 11) is 0. The Kier molecular flexibility index (Phi) is 6.42. The molecule has 1 heterocycles. The number of aryl methyl sites for hydroxylation is 1. The molecule has 0 saturated carbocycles. The molecular formula is C15H21F2NO2. The van der Waals surface area contributed by atoms with E-state index in [1.54, 1.807) is 12.1 Å². The van der Waals surface area contributed by atoms with E-state index in [-0.39, 0.29) is 19.1 Å². The Bertz CT molecular complexity index is 449. The maximum Gasteiger partial charge on any atom is 0.257 e. The molecule has 112 valence electrons. The minimum Gasteiger partial charge on any atom is -0.491 e. The lowest BCUT2D eigenvalue weighted by molar-refractivity contribution is 0.0548. The smallest absolute Gasteiger partial charge is 0.257 e. The van der Waals surface area contributed by atoms with E-state index in [1.807, 2.05) is 26.8 Å². The Labute approximate surface area is 118 Å². The molecule has 0 fully saturated rings. The summed E-state index contributed by atoms with van der Waals surface area (Å²) in [6, 6.07) is 5.34. The molecular weight excluding hydrogens is 264 g/mol. The van der Waals surface area contributed by atoms with Gasteiger partial charge in [0.1, 0.15) is 12.4 Å². The molecule has 5 heteroatoms. The zero-order valence-corrected chi connectivity index (χ0v) is 12.2. The van der Waals surface area contributed by atoms with Crippen LogP contribution in [0.4, 0.5) is 8.78 Å². The van der Waals surface area contributed by atoms with E-state index in [9.17, 15) is 13.6 Å². The van der Waals surface area contributed by atoms with E-state index >= 15 is 0 Å². The van der Waals surface area contributed by atoms with Gasteiger partial charge in [0.2, 0.25) is 0 Å². The highest BCUT2D eigenvalue weighted by Crippen LogP contribution is 2.25. The molecule has 0 unspecified atom stereocenters. The van der Waals surface area contributed by atoms with Crippen LogP contribution in [0.1, 0.15) is 36.7 Å². The standard InChI is InChI=1S/C13H15F2NO2.C2H6/c1-2-9-3-4-11-10(7-9)13(17)16(5-6-18-11)8-12(14)15;1-2/h3-4,7,12H,2,5-6,8H2,1H3;1-2H3. The molecule has 0 bridgehead atoms. The van der Waals surface area contributed by atoms with Crippen LogP contribution in [-0.4, -0.2) is 36.9 Å². The number of fused-ring (bicyclic) bond motifs is 1. The molecule has 0 saturated heterocycles. The van der Waals surface area contributed by atoms with Crippen molar-refractivity contribution in [2.24, 2.45) is 0 Å². The van der Waals surface area contributed by atoms with Gasteiger partial charge in [0, 0.05) is 0 Å². The normalized spacial score (nSPS) is 14.1. The van der Waals surface area contributed by atoms with Crippen molar-refractivity contribution in [1.29, 1.82) is 0 Å². The topological polar surface area (TPSA) is 29.5 Å². The van der Waals surface area contributed by atoms with Gasteiger partial charge in [-0.2, -0.15) is 0 Å². The Hall–Kier alpha value is -1.65. The molecule has 3 nitrogen and oxygen atoms in total. The quantitative estimate of drug-likeness (QED) is 0.852. The fourth-order valence-corrected chi connectivity index (χ4v) is 1.97. The molecule has 1 amide bonds. The lowest BCUT2D eigenvalue weighted by Gasteiger charge is -2.19. The average Bonchev–Trinajstić information content (AvgIpc) is 2.61. The minimum atomic E-state index is -2.52. The zero-order chi connectivity index (χ0) is 15.1. The van der Waals surface area contributed by atoms with Gasteiger partial charge in [-0.05, 0) is 24.1 Å². The van der Waals surface area contributed by atoms with Crippen molar-refractivity contribution in [3.8, 4) is 5.75 Å². The van der Waals surface area contributed by atoms with Crippen LogP contribution < -0.4 is 4.74 Å². The van der Waals surface area contributed by atoms with Gasteiger partial charge in [0.05, 0.1) is 18.7 Å². The number of amides is 1. The molecule has 20 heavy (non-hydrogen) atoms. The molecule has 1 aliphatic heterocycles. The van der Waals surface area contributed by atoms with Crippen LogP contribution in [0, 0.1) is 0 Å². The SMILES string of the molecule is CC.CCc1ccc2c(c1)C(=O)N(CC(F)F)CCO2. The van der Waals surface area contributed by atoms with Crippen LogP contribution in [0.25, 0.3) is 0 Å². The number of hydrogen-bond donors (Lipinski definition) is 0. The van der Waals surface area contributed by atoms with Crippen molar-refractivity contribution in [2.45, 2.75) is 33.6 Å². The van der Waals surface area contributed by atoms with E-state index in [0.29, 0.717) is 11.3 Å². The number of ether oxygens (including phenoxy) is 1. The lowest BCUT2D eigenvalue weighted by atomic mass is 10.1. The highest BCUT2D eigenvalue weighted by molar-refractivity contribution is 5.97. The van der Waals surface area contributed by atoms with Crippen LogP contribution in [0.5, 0.6) is 5.75 Å². The van der Waals surface area contributed by atoms with Gasteiger partial charge < -0.3 is 9.64 Å². The third-order valence-electron chi connectivity index (χ3n) is 2.95. The number of nitrogens with zero attached hydrogens (tertiary/aromatic N) is 1. The van der Waals surface area contributed by atoms with Gasteiger partial charge in [0.25, 0.3) is 12.3 Å². The van der Waals surface area contributed by atoms with Gasteiger partial charge >= 0.3 is 0 Å². The Balaban J connectivity index is 0.000000956. The molecule has 0 spiro atoms. The number of rotatable bonds is 3. The van der Waals surface area contributed by atoms with Gasteiger partial charge in [-0.1, -0.05) is 26.8 Å². The first kappa shape index (κ1) is 16.4. The molecule has 0 aromatic heterocycles. The first-order valence-electron chi connectivity index (χ1n) is 6.95. The molecule has 0 aliphatic carbocycles. The first-order valence-corrected chi connectivity index (χ1v) is 6.95. The summed E-state index contributed by atoms with van der Waals surface area (Å²) >= 11 is 0. The summed E-state index contributed by atoms with van der Waals surface area (Å²) in [4.78, 5) is 13.3. The van der Waals surface area contributed by atoms with E-state index in [4.69, 9.17) is 4.74 Å². The summed E-state index contributed by atoms with van der Waals surface area (Å²) in [5.41, 5.74) is 1.37. The first-order chi connectivity index (χ1) is 9.61. The molecule has 0 radical (unpaired) electrons. The number of hydrogen-bond acceptors (Lipinski definition) is 2. The predicted octanol–water partition coefficient (Wildman–Crippen LogP) is 3.37. The number of alkyl halides is 2. The van der Waals surface area contributed by atoms with E-state index in [1.165, 1.54) is 0 Å². The van der Waals surface area contributed by atoms with Crippen molar-refractivity contribution in [2.75, 3.05) is 19.7 Å². The molecule has 1 aromatic rings. The summed E-state index contributed by atoms with van der Waals surface area (Å²) in [6.07, 6.45) is -1.74. The summed E-state index contributed by atoms with van der Waals surface area (Å²) in [5.74, 6) is 0.104. The predicted molar refractivity (Wildman–Crippen MR) is 74.6 cm³/mol. The van der Waals surface area contributed by atoms with Crippen LogP contribution in [0.3, 0.4) is 0 Å². The summed E-state index contributed by atoms with van der Waals surface area (Å²) in [5, 5.41) is 0. The fraction of sp³-hybridized carbons (Fsp3) is 0.533.